The van der Waals surface area contributed by atoms with Crippen LogP contribution in [0.1, 0.15) is 5.56 Å². The molecule has 0 bridgehead atoms. The molecule has 2 saturated heterocycles. The first kappa shape index (κ1) is 26.6. The predicted molar refractivity (Wildman–Crippen MR) is 155 cm³/mol. The van der Waals surface area contributed by atoms with Gasteiger partial charge in [-0.1, -0.05) is 6.07 Å². The third-order valence-corrected chi connectivity index (χ3v) is 7.82. The summed E-state index contributed by atoms with van der Waals surface area (Å²) >= 11 is 5.70. The van der Waals surface area contributed by atoms with Gasteiger partial charge in [0.1, 0.15) is 18.8 Å². The highest BCUT2D eigenvalue weighted by atomic mass is 32.1. The lowest BCUT2D eigenvalue weighted by molar-refractivity contribution is 0.0321. The number of hydrogen-bond donors (Lipinski definition) is 1. The topological polar surface area (TPSA) is 93.7 Å². The Bertz CT molecular complexity index is 1350. The molecule has 0 aliphatic carbocycles. The number of thiocarbonyl (C=S) groups is 1. The molecule has 11 nitrogen and oxygen atoms in total. The van der Waals surface area contributed by atoms with Crippen molar-refractivity contribution in [2.45, 2.75) is 6.54 Å². The van der Waals surface area contributed by atoms with Crippen LogP contribution in [0.3, 0.4) is 0 Å². The van der Waals surface area contributed by atoms with Crippen LogP contribution in [0.2, 0.25) is 0 Å². The number of piperazine rings is 1. The summed E-state index contributed by atoms with van der Waals surface area (Å²) in [5, 5.41) is 5.06. The molecule has 6 rings (SSSR count). The van der Waals surface area contributed by atoms with E-state index in [1.807, 2.05) is 30.3 Å². The standard InChI is InChI=1S/C28H34N6O5S/c1-35-24-15-21-22(16-26(24)37-13-10-32-8-11-36-12-9-32)30-18-31-27(21)33-4-6-34(7-5-33)28(40)29-17-20-2-3-23-25(14-20)39-19-38-23/h2-3,14-16,18H,4-13,17,19H2,1H3,(H,29,40). The maximum atomic E-state index is 6.12. The molecule has 12 heteroatoms. The van der Waals surface area contributed by atoms with Gasteiger partial charge >= 0.3 is 0 Å². The number of ether oxygens (including phenoxy) is 5. The Morgan fingerprint density at radius 3 is 2.62 bits per heavy atom. The lowest BCUT2D eigenvalue weighted by Crippen LogP contribution is -2.51. The van der Waals surface area contributed by atoms with Gasteiger partial charge in [0.2, 0.25) is 6.79 Å². The van der Waals surface area contributed by atoms with Gasteiger partial charge in [0.25, 0.3) is 0 Å². The van der Waals surface area contributed by atoms with Crippen molar-refractivity contribution in [1.29, 1.82) is 0 Å². The lowest BCUT2D eigenvalue weighted by Gasteiger charge is -2.37. The monoisotopic (exact) mass is 566 g/mol. The van der Waals surface area contributed by atoms with E-state index in [4.69, 9.17) is 35.9 Å². The SMILES string of the molecule is COc1cc2c(N3CCN(C(=S)NCc4ccc5c(c4)OCO5)CC3)ncnc2cc1OCCN1CCOCC1. The second-order valence-electron chi connectivity index (χ2n) is 9.84. The molecular formula is C28H34N6O5S. The van der Waals surface area contributed by atoms with Gasteiger partial charge in [-0.05, 0) is 36.0 Å². The molecule has 2 aromatic carbocycles. The van der Waals surface area contributed by atoms with Gasteiger partial charge in [0.05, 0.1) is 25.8 Å². The van der Waals surface area contributed by atoms with Gasteiger partial charge in [-0.2, -0.15) is 0 Å². The number of hydrogen-bond acceptors (Lipinski definition) is 10. The first-order chi connectivity index (χ1) is 19.7. The van der Waals surface area contributed by atoms with Crippen molar-refractivity contribution in [3.8, 4) is 23.0 Å². The molecule has 0 radical (unpaired) electrons. The quantitative estimate of drug-likeness (QED) is 0.406. The van der Waals surface area contributed by atoms with Crippen molar-refractivity contribution in [1.82, 2.24) is 25.1 Å². The van der Waals surface area contributed by atoms with E-state index in [1.165, 1.54) is 0 Å². The molecular weight excluding hydrogens is 532 g/mol. The minimum atomic E-state index is 0.271. The average molecular weight is 567 g/mol. The van der Waals surface area contributed by atoms with Crippen LogP contribution in [0.15, 0.2) is 36.7 Å². The van der Waals surface area contributed by atoms with Crippen molar-refractivity contribution in [2.75, 3.05) is 84.4 Å². The fourth-order valence-corrected chi connectivity index (χ4v) is 5.40. The normalized spacial score (nSPS) is 17.2. The van der Waals surface area contributed by atoms with E-state index < -0.39 is 0 Å². The maximum absolute atomic E-state index is 6.12. The largest absolute Gasteiger partial charge is 0.493 e. The Balaban J connectivity index is 1.06. The van der Waals surface area contributed by atoms with Crippen LogP contribution in [0, 0.1) is 0 Å². The first-order valence-electron chi connectivity index (χ1n) is 13.6. The number of nitrogens with zero attached hydrogens (tertiary/aromatic N) is 5. The smallest absolute Gasteiger partial charge is 0.231 e. The summed E-state index contributed by atoms with van der Waals surface area (Å²) < 4.78 is 28.1. The van der Waals surface area contributed by atoms with Gasteiger partial charge in [-0.15, -0.1) is 0 Å². The summed E-state index contributed by atoms with van der Waals surface area (Å²) in [5.41, 5.74) is 1.92. The van der Waals surface area contributed by atoms with Crippen LogP contribution in [0.4, 0.5) is 5.82 Å². The molecule has 1 aromatic heterocycles. The molecule has 0 saturated carbocycles. The number of rotatable bonds is 8. The highest BCUT2D eigenvalue weighted by molar-refractivity contribution is 7.80. The molecule has 0 unspecified atom stereocenters. The third-order valence-electron chi connectivity index (χ3n) is 7.42. The average Bonchev–Trinajstić information content (AvgIpc) is 3.48. The zero-order valence-electron chi connectivity index (χ0n) is 22.6. The molecule has 1 N–H and O–H groups in total. The molecule has 0 spiro atoms. The minimum absolute atomic E-state index is 0.271. The maximum Gasteiger partial charge on any atom is 0.231 e. The summed E-state index contributed by atoms with van der Waals surface area (Å²) in [6.07, 6.45) is 1.62. The minimum Gasteiger partial charge on any atom is -0.493 e. The molecule has 40 heavy (non-hydrogen) atoms. The number of benzene rings is 2. The zero-order chi connectivity index (χ0) is 27.3. The summed E-state index contributed by atoms with van der Waals surface area (Å²) in [6, 6.07) is 9.88. The van der Waals surface area contributed by atoms with Crippen molar-refractivity contribution < 1.29 is 23.7 Å². The summed E-state index contributed by atoms with van der Waals surface area (Å²) in [6.45, 7) is 8.89. The van der Waals surface area contributed by atoms with Crippen LogP contribution in [0.5, 0.6) is 23.0 Å². The predicted octanol–water partition coefficient (Wildman–Crippen LogP) is 2.27. The molecule has 2 fully saturated rings. The van der Waals surface area contributed by atoms with Crippen molar-refractivity contribution in [2.24, 2.45) is 0 Å². The lowest BCUT2D eigenvalue weighted by atomic mass is 10.2. The van der Waals surface area contributed by atoms with E-state index in [1.54, 1.807) is 13.4 Å². The Kier molecular flexibility index (Phi) is 8.17. The van der Waals surface area contributed by atoms with Crippen LogP contribution in [0.25, 0.3) is 10.9 Å². The highest BCUT2D eigenvalue weighted by Crippen LogP contribution is 2.35. The molecule has 3 aliphatic heterocycles. The summed E-state index contributed by atoms with van der Waals surface area (Å²) in [4.78, 5) is 16.0. The van der Waals surface area contributed by atoms with Gasteiger partial charge in [-0.3, -0.25) is 4.90 Å². The third kappa shape index (κ3) is 5.93. The Morgan fingerprint density at radius 1 is 0.975 bits per heavy atom. The molecule has 0 amide bonds. The van der Waals surface area contributed by atoms with Crippen LogP contribution >= 0.6 is 12.2 Å². The Hall–Kier alpha value is -3.61. The van der Waals surface area contributed by atoms with Crippen LogP contribution in [-0.4, -0.2) is 104 Å². The zero-order valence-corrected chi connectivity index (χ0v) is 23.5. The van der Waals surface area contributed by atoms with E-state index in [2.05, 4.69) is 30.0 Å². The van der Waals surface area contributed by atoms with Crippen molar-refractivity contribution in [3.05, 3.63) is 42.2 Å². The molecule has 3 aliphatic rings. The first-order valence-corrected chi connectivity index (χ1v) is 14.0. The molecule has 3 aromatic rings. The van der Waals surface area contributed by atoms with Crippen molar-refractivity contribution >= 4 is 34.1 Å². The summed E-state index contributed by atoms with van der Waals surface area (Å²) in [7, 11) is 1.66. The van der Waals surface area contributed by atoms with E-state index >= 15 is 0 Å². The number of anilines is 1. The number of fused-ring (bicyclic) bond motifs is 2. The fourth-order valence-electron chi connectivity index (χ4n) is 5.15. The Labute approximate surface area is 238 Å². The van der Waals surface area contributed by atoms with E-state index in [-0.39, 0.29) is 6.79 Å². The van der Waals surface area contributed by atoms with Gasteiger partial charge in [0.15, 0.2) is 28.1 Å². The number of methoxy groups -OCH3 is 1. The van der Waals surface area contributed by atoms with Crippen LogP contribution in [-0.2, 0) is 11.3 Å². The van der Waals surface area contributed by atoms with E-state index in [0.717, 1.165) is 97.9 Å². The highest BCUT2D eigenvalue weighted by Gasteiger charge is 2.23. The van der Waals surface area contributed by atoms with Gasteiger partial charge in [-0.25, -0.2) is 9.97 Å². The Morgan fingerprint density at radius 2 is 1.80 bits per heavy atom. The van der Waals surface area contributed by atoms with Crippen LogP contribution < -0.4 is 29.2 Å². The second kappa shape index (κ2) is 12.3. The molecule has 0 atom stereocenters. The number of aromatic nitrogens is 2. The number of nitrogens with one attached hydrogen (secondary N) is 1. The van der Waals surface area contributed by atoms with Gasteiger partial charge in [0, 0.05) is 63.8 Å². The second-order valence-corrected chi connectivity index (χ2v) is 10.2. The van der Waals surface area contributed by atoms with Crippen molar-refractivity contribution in [3.63, 3.8) is 0 Å². The fraction of sp³-hybridized carbons (Fsp3) is 0.464. The molecule has 212 valence electrons. The van der Waals surface area contributed by atoms with E-state index in [9.17, 15) is 0 Å². The van der Waals surface area contributed by atoms with E-state index in [0.29, 0.717) is 24.7 Å². The number of morpholine rings is 1. The summed E-state index contributed by atoms with van der Waals surface area (Å²) in [5.74, 6) is 3.82. The molecule has 4 heterocycles. The van der Waals surface area contributed by atoms with Gasteiger partial charge < -0.3 is 38.8 Å².